The van der Waals surface area contributed by atoms with Crippen molar-refractivity contribution in [2.75, 3.05) is 49.5 Å². The van der Waals surface area contributed by atoms with Gasteiger partial charge in [-0.1, -0.05) is 6.92 Å². The molecule has 2 aromatic rings. The molecule has 7 heteroatoms. The number of anilines is 2. The predicted molar refractivity (Wildman–Crippen MR) is 116 cm³/mol. The highest BCUT2D eigenvalue weighted by atomic mass is 32.1. The first kappa shape index (κ1) is 19.9. The fraction of sp³-hybridized carbons (Fsp3) is 0.455. The second-order valence-electron chi connectivity index (χ2n) is 7.51. The second-order valence-corrected chi connectivity index (χ2v) is 8.64. The summed E-state index contributed by atoms with van der Waals surface area (Å²) >= 11 is 1.49. The molecule has 1 aromatic carbocycles. The van der Waals surface area contributed by atoms with Gasteiger partial charge in [0, 0.05) is 42.4 Å². The molecule has 154 valence electrons. The molecule has 1 aliphatic carbocycles. The summed E-state index contributed by atoms with van der Waals surface area (Å²) in [5.41, 5.74) is 3.12. The minimum Gasteiger partial charge on any atom is -0.451 e. The molecule has 0 radical (unpaired) electrons. The average Bonchev–Trinajstić information content (AvgIpc) is 3.35. The summed E-state index contributed by atoms with van der Waals surface area (Å²) in [5.74, 6) is -0.743. The van der Waals surface area contributed by atoms with Gasteiger partial charge in [0.2, 0.25) is 0 Å². The van der Waals surface area contributed by atoms with Crippen LogP contribution in [0.4, 0.5) is 11.4 Å². The van der Waals surface area contributed by atoms with Crippen LogP contribution in [0.2, 0.25) is 0 Å². The Morgan fingerprint density at radius 2 is 1.86 bits per heavy atom. The Hall–Kier alpha value is -2.38. The van der Waals surface area contributed by atoms with E-state index in [1.165, 1.54) is 21.8 Å². The Balaban J connectivity index is 1.24. The summed E-state index contributed by atoms with van der Waals surface area (Å²) in [4.78, 5) is 31.0. The van der Waals surface area contributed by atoms with Crippen LogP contribution in [0.15, 0.2) is 30.3 Å². The zero-order valence-corrected chi connectivity index (χ0v) is 17.6. The molecular weight excluding hydrogens is 386 g/mol. The van der Waals surface area contributed by atoms with E-state index < -0.39 is 5.97 Å². The van der Waals surface area contributed by atoms with Crippen LogP contribution in [-0.2, 0) is 22.4 Å². The molecule has 0 bridgehead atoms. The number of rotatable bonds is 6. The molecule has 0 saturated carbocycles. The molecule has 1 aliphatic heterocycles. The topological polar surface area (TPSA) is 61.9 Å². The van der Waals surface area contributed by atoms with E-state index in [0.717, 1.165) is 57.7 Å². The summed E-state index contributed by atoms with van der Waals surface area (Å²) in [6, 6.07) is 9.75. The van der Waals surface area contributed by atoms with Gasteiger partial charge in [-0.05, 0) is 61.7 Å². The van der Waals surface area contributed by atoms with E-state index in [9.17, 15) is 9.59 Å². The van der Waals surface area contributed by atoms with E-state index >= 15 is 0 Å². The molecule has 2 heterocycles. The van der Waals surface area contributed by atoms with E-state index in [2.05, 4.69) is 22.0 Å². The number of thiophene rings is 1. The zero-order chi connectivity index (χ0) is 20.2. The van der Waals surface area contributed by atoms with E-state index in [0.29, 0.717) is 10.6 Å². The van der Waals surface area contributed by atoms with Crippen molar-refractivity contribution in [1.29, 1.82) is 0 Å². The molecule has 4 rings (SSSR count). The minimum atomic E-state index is -0.416. The van der Waals surface area contributed by atoms with Crippen molar-refractivity contribution < 1.29 is 14.3 Å². The number of piperazine rings is 1. The summed E-state index contributed by atoms with van der Waals surface area (Å²) in [7, 11) is 0. The normalized spacial score (nSPS) is 16.5. The molecule has 1 N–H and O–H groups in total. The highest BCUT2D eigenvalue weighted by molar-refractivity contribution is 7.14. The first-order chi connectivity index (χ1) is 14.1. The molecule has 29 heavy (non-hydrogen) atoms. The fourth-order valence-electron chi connectivity index (χ4n) is 3.91. The van der Waals surface area contributed by atoms with Crippen molar-refractivity contribution in [1.82, 2.24) is 4.90 Å². The summed E-state index contributed by atoms with van der Waals surface area (Å²) in [6.07, 6.45) is 3.23. The largest absolute Gasteiger partial charge is 0.451 e. The van der Waals surface area contributed by atoms with E-state index in [4.69, 9.17) is 4.74 Å². The van der Waals surface area contributed by atoms with Gasteiger partial charge in [-0.15, -0.1) is 11.3 Å². The molecule has 0 atom stereocenters. The first-order valence-electron chi connectivity index (χ1n) is 10.3. The molecular formula is C22H27N3O3S. The highest BCUT2D eigenvalue weighted by Gasteiger charge is 2.20. The quantitative estimate of drug-likeness (QED) is 0.737. The van der Waals surface area contributed by atoms with E-state index in [-0.39, 0.29) is 12.5 Å². The second kappa shape index (κ2) is 8.97. The maximum Gasteiger partial charge on any atom is 0.348 e. The van der Waals surface area contributed by atoms with Gasteiger partial charge in [-0.3, -0.25) is 4.79 Å². The van der Waals surface area contributed by atoms with Gasteiger partial charge < -0.3 is 19.9 Å². The molecule has 6 nitrogen and oxygen atoms in total. The standard InChI is InChI=1S/C22H27N3O3S/c1-2-24-10-12-25(13-11-24)18-8-6-17(7-9-18)23-21(26)15-28-22(27)20-14-16-4-3-5-19(16)29-20/h6-9,14H,2-5,10-13,15H2,1H3,(H,23,26). The maximum atomic E-state index is 12.2. The Morgan fingerprint density at radius 1 is 1.10 bits per heavy atom. The number of ether oxygens (including phenoxy) is 1. The van der Waals surface area contributed by atoms with E-state index in [1.807, 2.05) is 30.3 Å². The van der Waals surface area contributed by atoms with Crippen LogP contribution in [0.25, 0.3) is 0 Å². The Morgan fingerprint density at radius 3 is 2.55 bits per heavy atom. The van der Waals surface area contributed by atoms with Crippen molar-refractivity contribution in [3.63, 3.8) is 0 Å². The van der Waals surface area contributed by atoms with Crippen LogP contribution < -0.4 is 10.2 Å². The van der Waals surface area contributed by atoms with Gasteiger partial charge in [-0.25, -0.2) is 4.79 Å². The smallest absolute Gasteiger partial charge is 0.348 e. The van der Waals surface area contributed by atoms with Gasteiger partial charge in [0.25, 0.3) is 5.91 Å². The number of hydrogen-bond donors (Lipinski definition) is 1. The lowest BCUT2D eigenvalue weighted by Gasteiger charge is -2.35. The van der Waals surface area contributed by atoms with Crippen molar-refractivity contribution in [3.8, 4) is 0 Å². The highest BCUT2D eigenvalue weighted by Crippen LogP contribution is 2.30. The summed E-state index contributed by atoms with van der Waals surface area (Å²) < 4.78 is 5.19. The van der Waals surface area contributed by atoms with Gasteiger partial charge in [0.15, 0.2) is 6.61 Å². The fourth-order valence-corrected chi connectivity index (χ4v) is 5.05. The molecule has 0 spiro atoms. The molecule has 1 amide bonds. The van der Waals surface area contributed by atoms with Crippen molar-refractivity contribution in [2.45, 2.75) is 26.2 Å². The number of aryl methyl sites for hydroxylation is 2. The number of carbonyl (C=O) groups is 2. The Labute approximate surface area is 175 Å². The third-order valence-corrected chi connectivity index (χ3v) is 6.83. The zero-order valence-electron chi connectivity index (χ0n) is 16.8. The molecule has 1 aromatic heterocycles. The number of fused-ring (bicyclic) bond motifs is 1. The maximum absolute atomic E-state index is 12.2. The number of nitrogens with one attached hydrogen (secondary N) is 1. The molecule has 1 fully saturated rings. The number of benzene rings is 1. The van der Waals surface area contributed by atoms with Crippen LogP contribution in [0.1, 0.15) is 33.5 Å². The number of esters is 1. The monoisotopic (exact) mass is 413 g/mol. The lowest BCUT2D eigenvalue weighted by Crippen LogP contribution is -2.46. The van der Waals surface area contributed by atoms with Crippen molar-refractivity contribution in [2.24, 2.45) is 0 Å². The number of amides is 1. The van der Waals surface area contributed by atoms with Crippen molar-refractivity contribution >= 4 is 34.6 Å². The Bertz CT molecular complexity index is 848. The number of carbonyl (C=O) groups excluding carboxylic acids is 2. The van der Waals surface area contributed by atoms with Crippen LogP contribution in [-0.4, -0.2) is 56.1 Å². The number of likely N-dealkylation sites (N-methyl/N-ethyl adjacent to an activating group) is 1. The lowest BCUT2D eigenvalue weighted by atomic mass is 10.2. The summed E-state index contributed by atoms with van der Waals surface area (Å²) in [6.45, 7) is 7.20. The average molecular weight is 414 g/mol. The first-order valence-corrected chi connectivity index (χ1v) is 11.1. The van der Waals surface area contributed by atoms with Crippen LogP contribution in [0.5, 0.6) is 0 Å². The van der Waals surface area contributed by atoms with Crippen molar-refractivity contribution in [3.05, 3.63) is 45.6 Å². The van der Waals surface area contributed by atoms with Crippen LogP contribution >= 0.6 is 11.3 Å². The van der Waals surface area contributed by atoms with Gasteiger partial charge in [-0.2, -0.15) is 0 Å². The van der Waals surface area contributed by atoms with Gasteiger partial charge in [0.1, 0.15) is 4.88 Å². The van der Waals surface area contributed by atoms with Crippen LogP contribution in [0.3, 0.4) is 0 Å². The third kappa shape index (κ3) is 4.79. The number of nitrogens with zero attached hydrogens (tertiary/aromatic N) is 2. The van der Waals surface area contributed by atoms with Gasteiger partial charge in [0.05, 0.1) is 0 Å². The predicted octanol–water partition coefficient (Wildman–Crippen LogP) is 3.17. The molecule has 0 unspecified atom stereocenters. The van der Waals surface area contributed by atoms with E-state index in [1.54, 1.807) is 0 Å². The lowest BCUT2D eigenvalue weighted by molar-refractivity contribution is -0.119. The minimum absolute atomic E-state index is 0.276. The molecule has 2 aliphatic rings. The third-order valence-electron chi connectivity index (χ3n) is 5.62. The molecule has 1 saturated heterocycles. The van der Waals surface area contributed by atoms with Gasteiger partial charge >= 0.3 is 5.97 Å². The number of hydrogen-bond acceptors (Lipinski definition) is 6. The van der Waals surface area contributed by atoms with Crippen LogP contribution in [0, 0.1) is 0 Å². The summed E-state index contributed by atoms with van der Waals surface area (Å²) in [5, 5.41) is 2.79. The SMILES string of the molecule is CCN1CCN(c2ccc(NC(=O)COC(=O)c3cc4c(s3)CCC4)cc2)CC1. The Kier molecular flexibility index (Phi) is 6.16.